The van der Waals surface area contributed by atoms with E-state index < -0.39 is 0 Å². The average Bonchev–Trinajstić information content (AvgIpc) is 2.31. The molecule has 1 heterocycles. The number of methoxy groups -OCH3 is 1. The number of nitrogens with zero attached hydrogens (tertiary/aromatic N) is 2. The third-order valence-corrected chi connectivity index (χ3v) is 2.52. The van der Waals surface area contributed by atoms with Crippen LogP contribution in [0.2, 0.25) is 0 Å². The fourth-order valence-corrected chi connectivity index (χ4v) is 1.50. The minimum atomic E-state index is 0.281. The predicted molar refractivity (Wildman–Crippen MR) is 65.9 cm³/mol. The first-order valence-corrected chi connectivity index (χ1v) is 5.47. The third-order valence-electron chi connectivity index (χ3n) is 2.52. The first-order valence-electron chi connectivity index (χ1n) is 5.47. The van der Waals surface area contributed by atoms with E-state index in [9.17, 15) is 0 Å². The molecular formula is C11H20N4O. The molecule has 0 saturated carbocycles. The first-order chi connectivity index (χ1) is 7.72. The van der Waals surface area contributed by atoms with E-state index in [1.165, 1.54) is 0 Å². The van der Waals surface area contributed by atoms with Crippen LogP contribution in [-0.2, 0) is 4.74 Å². The largest absolute Gasteiger partial charge is 0.383 e. The van der Waals surface area contributed by atoms with Crippen LogP contribution in [-0.4, -0.2) is 36.8 Å². The van der Waals surface area contributed by atoms with Crippen molar-refractivity contribution >= 4 is 11.6 Å². The highest BCUT2D eigenvalue weighted by atomic mass is 16.5. The van der Waals surface area contributed by atoms with Gasteiger partial charge in [0, 0.05) is 19.7 Å². The van der Waals surface area contributed by atoms with Crippen LogP contribution in [0.4, 0.5) is 11.6 Å². The molecule has 0 amide bonds. The van der Waals surface area contributed by atoms with Crippen molar-refractivity contribution in [1.82, 2.24) is 9.97 Å². The molecule has 2 N–H and O–H groups in total. The molecular weight excluding hydrogens is 204 g/mol. The van der Waals surface area contributed by atoms with Crippen LogP contribution in [0, 0.1) is 6.92 Å². The molecule has 16 heavy (non-hydrogen) atoms. The van der Waals surface area contributed by atoms with E-state index in [0.29, 0.717) is 6.61 Å². The normalized spacial score (nSPS) is 12.2. The quantitative estimate of drug-likeness (QED) is 0.769. The molecule has 0 fully saturated rings. The summed E-state index contributed by atoms with van der Waals surface area (Å²) >= 11 is 0. The molecule has 0 aliphatic heterocycles. The summed E-state index contributed by atoms with van der Waals surface area (Å²) < 4.78 is 5.14. The van der Waals surface area contributed by atoms with Crippen LogP contribution in [0.5, 0.6) is 0 Å². The van der Waals surface area contributed by atoms with E-state index >= 15 is 0 Å². The van der Waals surface area contributed by atoms with Gasteiger partial charge in [0.25, 0.3) is 0 Å². The Kier molecular flexibility index (Phi) is 4.98. The summed E-state index contributed by atoms with van der Waals surface area (Å²) in [7, 11) is 3.56. The van der Waals surface area contributed by atoms with Gasteiger partial charge in [0.05, 0.1) is 12.6 Å². The van der Waals surface area contributed by atoms with Gasteiger partial charge in [0.2, 0.25) is 0 Å². The van der Waals surface area contributed by atoms with E-state index in [1.54, 1.807) is 13.4 Å². The van der Waals surface area contributed by atoms with Crippen LogP contribution in [0.15, 0.2) is 6.33 Å². The van der Waals surface area contributed by atoms with Gasteiger partial charge in [-0.15, -0.1) is 0 Å². The summed E-state index contributed by atoms with van der Waals surface area (Å²) in [5.74, 6) is 1.72. The van der Waals surface area contributed by atoms with Crippen molar-refractivity contribution in [1.29, 1.82) is 0 Å². The summed E-state index contributed by atoms with van der Waals surface area (Å²) in [5.41, 5.74) is 1.03. The number of aromatic nitrogens is 2. The molecule has 0 aromatic carbocycles. The molecule has 0 bridgehead atoms. The molecule has 0 saturated heterocycles. The Morgan fingerprint density at radius 3 is 2.62 bits per heavy atom. The number of anilines is 2. The van der Waals surface area contributed by atoms with Crippen molar-refractivity contribution in [3.63, 3.8) is 0 Å². The van der Waals surface area contributed by atoms with Crippen molar-refractivity contribution in [3.05, 3.63) is 11.9 Å². The molecule has 1 atom stereocenters. The molecule has 0 aliphatic rings. The van der Waals surface area contributed by atoms with Crippen molar-refractivity contribution in [2.45, 2.75) is 26.3 Å². The second-order valence-corrected chi connectivity index (χ2v) is 3.65. The zero-order valence-corrected chi connectivity index (χ0v) is 10.4. The number of ether oxygens (including phenoxy) is 1. The Morgan fingerprint density at radius 1 is 1.38 bits per heavy atom. The van der Waals surface area contributed by atoms with Gasteiger partial charge in [0.15, 0.2) is 0 Å². The molecule has 0 spiro atoms. The number of rotatable bonds is 6. The van der Waals surface area contributed by atoms with E-state index in [1.807, 2.05) is 14.0 Å². The van der Waals surface area contributed by atoms with Gasteiger partial charge < -0.3 is 15.4 Å². The van der Waals surface area contributed by atoms with Crippen molar-refractivity contribution < 1.29 is 4.74 Å². The number of hydrogen-bond donors (Lipinski definition) is 2. The lowest BCUT2D eigenvalue weighted by molar-refractivity contribution is 0.184. The molecule has 1 aromatic rings. The minimum absolute atomic E-state index is 0.281. The number of nitrogens with one attached hydrogen (secondary N) is 2. The second-order valence-electron chi connectivity index (χ2n) is 3.65. The lowest BCUT2D eigenvalue weighted by Crippen LogP contribution is -2.25. The molecule has 5 heteroatoms. The van der Waals surface area contributed by atoms with Gasteiger partial charge >= 0.3 is 0 Å². The van der Waals surface area contributed by atoms with Crippen LogP contribution in [0.3, 0.4) is 0 Å². The zero-order chi connectivity index (χ0) is 12.0. The van der Waals surface area contributed by atoms with Crippen molar-refractivity contribution in [3.8, 4) is 0 Å². The number of hydrogen-bond acceptors (Lipinski definition) is 5. The van der Waals surface area contributed by atoms with Gasteiger partial charge in [-0.2, -0.15) is 0 Å². The topological polar surface area (TPSA) is 59.1 Å². The molecule has 1 rings (SSSR count). The van der Waals surface area contributed by atoms with Crippen LogP contribution in [0.1, 0.15) is 18.9 Å². The molecule has 1 unspecified atom stereocenters. The molecule has 5 nitrogen and oxygen atoms in total. The fourth-order valence-electron chi connectivity index (χ4n) is 1.50. The van der Waals surface area contributed by atoms with Gasteiger partial charge in [-0.05, 0) is 13.3 Å². The average molecular weight is 224 g/mol. The highest BCUT2D eigenvalue weighted by Gasteiger charge is 2.10. The fraction of sp³-hybridized carbons (Fsp3) is 0.636. The van der Waals surface area contributed by atoms with Gasteiger partial charge in [0.1, 0.15) is 18.0 Å². The van der Waals surface area contributed by atoms with E-state index in [-0.39, 0.29) is 6.04 Å². The van der Waals surface area contributed by atoms with Gasteiger partial charge in [-0.25, -0.2) is 9.97 Å². The summed E-state index contributed by atoms with van der Waals surface area (Å²) in [6.45, 7) is 4.79. The van der Waals surface area contributed by atoms with Crippen LogP contribution in [0.25, 0.3) is 0 Å². The standard InChI is InChI=1S/C11H20N4O/c1-5-9(6-16-4)15-11-8(2)10(12-3)13-7-14-11/h7,9H,5-6H2,1-4H3,(H2,12,13,14,15). The summed E-state index contributed by atoms with van der Waals surface area (Å²) in [5, 5.41) is 6.39. The van der Waals surface area contributed by atoms with Gasteiger partial charge in [-0.1, -0.05) is 6.92 Å². The highest BCUT2D eigenvalue weighted by molar-refractivity contribution is 5.56. The third kappa shape index (κ3) is 3.06. The van der Waals surface area contributed by atoms with E-state index in [2.05, 4.69) is 27.5 Å². The minimum Gasteiger partial charge on any atom is -0.383 e. The summed E-state index contributed by atoms with van der Waals surface area (Å²) in [6.07, 6.45) is 2.55. The predicted octanol–water partition coefficient (Wildman–Crippen LogP) is 1.66. The maximum atomic E-state index is 5.14. The molecule has 0 aliphatic carbocycles. The van der Waals surface area contributed by atoms with E-state index in [0.717, 1.165) is 23.6 Å². The van der Waals surface area contributed by atoms with Crippen LogP contribution < -0.4 is 10.6 Å². The second kappa shape index (κ2) is 6.27. The Balaban J connectivity index is 2.79. The molecule has 0 radical (unpaired) electrons. The lowest BCUT2D eigenvalue weighted by atomic mass is 10.2. The Labute approximate surface area is 96.6 Å². The summed E-state index contributed by atoms with van der Waals surface area (Å²) in [4.78, 5) is 8.38. The Hall–Kier alpha value is -1.36. The van der Waals surface area contributed by atoms with Crippen molar-refractivity contribution in [2.24, 2.45) is 0 Å². The Bertz CT molecular complexity index is 330. The molecule has 90 valence electrons. The molecule has 1 aromatic heterocycles. The highest BCUT2D eigenvalue weighted by Crippen LogP contribution is 2.18. The maximum Gasteiger partial charge on any atom is 0.134 e. The monoisotopic (exact) mass is 224 g/mol. The Morgan fingerprint density at radius 2 is 2.06 bits per heavy atom. The van der Waals surface area contributed by atoms with E-state index in [4.69, 9.17) is 4.74 Å². The smallest absolute Gasteiger partial charge is 0.134 e. The first kappa shape index (κ1) is 12.7. The maximum absolute atomic E-state index is 5.14. The zero-order valence-electron chi connectivity index (χ0n) is 10.4. The van der Waals surface area contributed by atoms with Crippen LogP contribution >= 0.6 is 0 Å². The lowest BCUT2D eigenvalue weighted by Gasteiger charge is -2.18. The van der Waals surface area contributed by atoms with Gasteiger partial charge in [-0.3, -0.25) is 0 Å². The SMILES string of the molecule is CCC(COC)Nc1ncnc(NC)c1C. The summed E-state index contributed by atoms with van der Waals surface area (Å²) in [6, 6.07) is 0.281. The van der Waals surface area contributed by atoms with Crippen molar-refractivity contribution in [2.75, 3.05) is 31.4 Å².